The topological polar surface area (TPSA) is 100 Å². The van der Waals surface area contributed by atoms with Crippen molar-refractivity contribution in [3.8, 4) is 0 Å². The van der Waals surface area contributed by atoms with E-state index in [9.17, 15) is 14.4 Å². The molecule has 0 saturated heterocycles. The van der Waals surface area contributed by atoms with E-state index in [1.807, 2.05) is 12.3 Å². The molecule has 7 nitrogen and oxygen atoms in total. The Morgan fingerprint density at radius 3 is 2.88 bits per heavy atom. The lowest BCUT2D eigenvalue weighted by Gasteiger charge is -2.13. The van der Waals surface area contributed by atoms with Crippen molar-refractivity contribution in [3.05, 3.63) is 40.9 Å². The molecule has 0 fully saturated rings. The van der Waals surface area contributed by atoms with Gasteiger partial charge in [-0.2, -0.15) is 0 Å². The van der Waals surface area contributed by atoms with Crippen LogP contribution in [0.1, 0.15) is 28.9 Å². The molecule has 8 heteroatoms. The Balaban J connectivity index is 1.60. The maximum Gasteiger partial charge on any atom is 0.254 e. The van der Waals surface area contributed by atoms with Gasteiger partial charge in [-0.25, -0.2) is 4.98 Å². The number of amides is 3. The fourth-order valence-electron chi connectivity index (χ4n) is 2.38. The SMILES string of the molecule is Cc1csc(NC(=O)CCC2NC(=O)c3ccccc3NC2=O)n1. The highest BCUT2D eigenvalue weighted by Crippen LogP contribution is 2.19. The van der Waals surface area contributed by atoms with Gasteiger partial charge in [0.15, 0.2) is 5.13 Å². The highest BCUT2D eigenvalue weighted by atomic mass is 32.1. The number of fused-ring (bicyclic) bond motifs is 1. The second kappa shape index (κ2) is 6.79. The van der Waals surface area contributed by atoms with Crippen molar-refractivity contribution in [3.63, 3.8) is 0 Å². The summed E-state index contributed by atoms with van der Waals surface area (Å²) >= 11 is 1.34. The van der Waals surface area contributed by atoms with Crippen molar-refractivity contribution in [2.45, 2.75) is 25.8 Å². The van der Waals surface area contributed by atoms with Crippen LogP contribution in [-0.2, 0) is 9.59 Å². The Morgan fingerprint density at radius 1 is 1.33 bits per heavy atom. The van der Waals surface area contributed by atoms with Gasteiger partial charge >= 0.3 is 0 Å². The molecule has 0 spiro atoms. The number of para-hydroxylation sites is 1. The van der Waals surface area contributed by atoms with E-state index in [-0.39, 0.29) is 30.6 Å². The maximum absolute atomic E-state index is 12.2. The van der Waals surface area contributed by atoms with Crippen LogP contribution in [0.5, 0.6) is 0 Å². The number of hydrogen-bond donors (Lipinski definition) is 3. The van der Waals surface area contributed by atoms with Crippen LogP contribution in [-0.4, -0.2) is 28.7 Å². The number of nitrogens with zero attached hydrogens (tertiary/aromatic N) is 1. The van der Waals surface area contributed by atoms with Crippen LogP contribution in [0.4, 0.5) is 10.8 Å². The zero-order valence-corrected chi connectivity index (χ0v) is 13.8. The molecule has 2 aromatic rings. The normalized spacial score (nSPS) is 16.6. The molecule has 1 unspecified atom stereocenters. The average molecular weight is 344 g/mol. The summed E-state index contributed by atoms with van der Waals surface area (Å²) in [5.74, 6) is -0.899. The van der Waals surface area contributed by atoms with Gasteiger partial charge in [0.25, 0.3) is 5.91 Å². The van der Waals surface area contributed by atoms with Gasteiger partial charge in [0.1, 0.15) is 6.04 Å². The molecule has 2 heterocycles. The highest BCUT2D eigenvalue weighted by Gasteiger charge is 2.27. The van der Waals surface area contributed by atoms with Gasteiger partial charge in [-0.15, -0.1) is 11.3 Å². The van der Waals surface area contributed by atoms with Crippen LogP contribution in [0, 0.1) is 6.92 Å². The second-order valence-corrected chi connectivity index (χ2v) is 6.30. The zero-order chi connectivity index (χ0) is 17.1. The number of rotatable bonds is 4. The van der Waals surface area contributed by atoms with E-state index in [0.29, 0.717) is 16.4 Å². The van der Waals surface area contributed by atoms with Crippen molar-refractivity contribution in [1.29, 1.82) is 0 Å². The standard InChI is InChI=1S/C16H16N4O3S/c1-9-8-24-16(17-9)20-13(21)7-6-12-15(23)18-11-5-3-2-4-10(11)14(22)19-12/h2-5,8,12H,6-7H2,1H3,(H,18,23)(H,19,22)(H,17,20,21). The summed E-state index contributed by atoms with van der Waals surface area (Å²) in [7, 11) is 0. The van der Waals surface area contributed by atoms with E-state index < -0.39 is 6.04 Å². The molecule has 0 saturated carbocycles. The lowest BCUT2D eigenvalue weighted by Crippen LogP contribution is -2.41. The Bertz CT molecular complexity index is 802. The number of aromatic nitrogens is 1. The Kier molecular flexibility index (Phi) is 4.57. The first-order valence-corrected chi connectivity index (χ1v) is 8.33. The Labute approximate surface area is 142 Å². The van der Waals surface area contributed by atoms with E-state index in [1.165, 1.54) is 11.3 Å². The summed E-state index contributed by atoms with van der Waals surface area (Å²) in [4.78, 5) is 40.5. The van der Waals surface area contributed by atoms with Crippen molar-refractivity contribution < 1.29 is 14.4 Å². The minimum Gasteiger partial charge on any atom is -0.340 e. The van der Waals surface area contributed by atoms with Crippen LogP contribution in [0.3, 0.4) is 0 Å². The molecule has 0 bridgehead atoms. The number of aryl methyl sites for hydroxylation is 1. The van der Waals surface area contributed by atoms with Gasteiger partial charge in [0.2, 0.25) is 11.8 Å². The van der Waals surface area contributed by atoms with E-state index >= 15 is 0 Å². The number of nitrogens with one attached hydrogen (secondary N) is 3. The van der Waals surface area contributed by atoms with Crippen molar-refractivity contribution >= 4 is 39.9 Å². The van der Waals surface area contributed by atoms with Crippen LogP contribution < -0.4 is 16.0 Å². The molecule has 1 atom stereocenters. The van der Waals surface area contributed by atoms with Crippen LogP contribution in [0.15, 0.2) is 29.6 Å². The Hall–Kier alpha value is -2.74. The fraction of sp³-hybridized carbons (Fsp3) is 0.250. The fourth-order valence-corrected chi connectivity index (χ4v) is 3.09. The summed E-state index contributed by atoms with van der Waals surface area (Å²) in [6.07, 6.45) is 0.315. The molecule has 1 aromatic heterocycles. The van der Waals surface area contributed by atoms with Crippen molar-refractivity contribution in [1.82, 2.24) is 10.3 Å². The van der Waals surface area contributed by atoms with Crippen molar-refractivity contribution in [2.75, 3.05) is 10.6 Å². The van der Waals surface area contributed by atoms with Crippen LogP contribution >= 0.6 is 11.3 Å². The summed E-state index contributed by atoms with van der Waals surface area (Å²) in [5.41, 5.74) is 1.73. The number of carbonyl (C=O) groups excluding carboxylic acids is 3. The highest BCUT2D eigenvalue weighted by molar-refractivity contribution is 7.13. The quantitative estimate of drug-likeness (QED) is 0.789. The predicted octanol–water partition coefficient (Wildman–Crippen LogP) is 1.92. The first kappa shape index (κ1) is 16.1. The molecule has 1 aliphatic heterocycles. The molecule has 0 aliphatic carbocycles. The predicted molar refractivity (Wildman–Crippen MR) is 91.0 cm³/mol. The monoisotopic (exact) mass is 344 g/mol. The molecule has 1 aromatic carbocycles. The summed E-state index contributed by atoms with van der Waals surface area (Å²) in [6, 6.07) is 6.04. The summed E-state index contributed by atoms with van der Waals surface area (Å²) in [5, 5.41) is 10.4. The first-order chi connectivity index (χ1) is 11.5. The first-order valence-electron chi connectivity index (χ1n) is 7.45. The molecule has 3 rings (SSSR count). The summed E-state index contributed by atoms with van der Waals surface area (Å²) < 4.78 is 0. The van der Waals surface area contributed by atoms with Gasteiger partial charge < -0.3 is 16.0 Å². The molecule has 24 heavy (non-hydrogen) atoms. The van der Waals surface area contributed by atoms with Gasteiger partial charge in [-0.1, -0.05) is 12.1 Å². The van der Waals surface area contributed by atoms with E-state index in [4.69, 9.17) is 0 Å². The van der Waals surface area contributed by atoms with E-state index in [2.05, 4.69) is 20.9 Å². The van der Waals surface area contributed by atoms with Crippen LogP contribution in [0.25, 0.3) is 0 Å². The van der Waals surface area contributed by atoms with Crippen molar-refractivity contribution in [2.24, 2.45) is 0 Å². The third kappa shape index (κ3) is 3.60. The number of hydrogen-bond acceptors (Lipinski definition) is 5. The van der Waals surface area contributed by atoms with Gasteiger partial charge in [0, 0.05) is 11.8 Å². The lowest BCUT2D eigenvalue weighted by molar-refractivity contribution is -0.118. The molecule has 0 radical (unpaired) electrons. The van der Waals surface area contributed by atoms with E-state index in [0.717, 1.165) is 5.69 Å². The molecular formula is C16H16N4O3S. The lowest BCUT2D eigenvalue weighted by atomic mass is 10.1. The summed E-state index contributed by atoms with van der Waals surface area (Å²) in [6.45, 7) is 1.84. The molecule has 3 amide bonds. The average Bonchev–Trinajstić information content (AvgIpc) is 2.91. The number of carbonyl (C=O) groups is 3. The smallest absolute Gasteiger partial charge is 0.254 e. The molecule has 124 valence electrons. The third-order valence-corrected chi connectivity index (χ3v) is 4.45. The van der Waals surface area contributed by atoms with Crippen LogP contribution in [0.2, 0.25) is 0 Å². The minimum atomic E-state index is -0.756. The molecule has 1 aliphatic rings. The Morgan fingerprint density at radius 2 is 2.12 bits per heavy atom. The van der Waals surface area contributed by atoms with Gasteiger partial charge in [-0.3, -0.25) is 14.4 Å². The number of anilines is 2. The molecular weight excluding hydrogens is 328 g/mol. The number of benzene rings is 1. The van der Waals surface area contributed by atoms with Gasteiger partial charge in [0.05, 0.1) is 16.9 Å². The largest absolute Gasteiger partial charge is 0.340 e. The minimum absolute atomic E-state index is 0.105. The van der Waals surface area contributed by atoms with Gasteiger partial charge in [-0.05, 0) is 25.5 Å². The van der Waals surface area contributed by atoms with E-state index in [1.54, 1.807) is 24.3 Å². The molecule has 3 N–H and O–H groups in total. The maximum atomic E-state index is 12.2. The third-order valence-electron chi connectivity index (χ3n) is 3.58. The number of thiazole rings is 1. The second-order valence-electron chi connectivity index (χ2n) is 5.44. The zero-order valence-electron chi connectivity index (χ0n) is 13.0.